The second-order valence-corrected chi connectivity index (χ2v) is 15.3. The van der Waals surface area contributed by atoms with Crippen LogP contribution in [0.25, 0.3) is 126 Å². The van der Waals surface area contributed by atoms with Crippen molar-refractivity contribution in [3.05, 3.63) is 176 Å². The second kappa shape index (κ2) is 10.1. The van der Waals surface area contributed by atoms with Crippen molar-refractivity contribution in [1.29, 1.82) is 0 Å². The van der Waals surface area contributed by atoms with Gasteiger partial charge in [-0.15, -0.1) is 0 Å². The minimum atomic E-state index is 0.892. The Bertz CT molecular complexity index is 4000. The van der Waals surface area contributed by atoms with E-state index in [1.807, 2.05) is 12.1 Å². The van der Waals surface area contributed by atoms with Gasteiger partial charge in [-0.25, -0.2) is 0 Å². The van der Waals surface area contributed by atoms with Gasteiger partial charge in [-0.1, -0.05) is 109 Å². The molecule has 0 aliphatic rings. The van der Waals surface area contributed by atoms with Crippen LogP contribution < -0.4 is 0 Å². The number of benzene rings is 9. The maximum atomic E-state index is 6.39. The Balaban J connectivity index is 1.05. The van der Waals surface area contributed by atoms with Gasteiger partial charge < -0.3 is 18.0 Å². The van der Waals surface area contributed by atoms with E-state index in [1.54, 1.807) is 0 Å². The lowest BCUT2D eigenvalue weighted by molar-refractivity contribution is 0.668. The lowest BCUT2D eigenvalue weighted by Crippen LogP contribution is -1.97. The Hall–Kier alpha value is -7.56. The van der Waals surface area contributed by atoms with Gasteiger partial charge in [-0.05, 0) is 71.4 Å². The zero-order chi connectivity index (χ0) is 36.2. The molecule has 0 spiro atoms. The highest BCUT2D eigenvalue weighted by Crippen LogP contribution is 2.45. The van der Waals surface area contributed by atoms with Crippen molar-refractivity contribution in [2.24, 2.45) is 0 Å². The number of fused-ring (bicyclic) bond motifs is 18. The van der Waals surface area contributed by atoms with E-state index in [2.05, 4.69) is 177 Å². The first-order valence-corrected chi connectivity index (χ1v) is 19.3. The van der Waals surface area contributed by atoms with E-state index >= 15 is 0 Å². The monoisotopic (exact) mass is 711 g/mol. The first kappa shape index (κ1) is 28.9. The van der Waals surface area contributed by atoms with Gasteiger partial charge in [0.05, 0.1) is 38.6 Å². The molecule has 0 atom stereocenters. The van der Waals surface area contributed by atoms with Crippen molar-refractivity contribution in [2.45, 2.75) is 0 Å². The van der Waals surface area contributed by atoms with Crippen molar-refractivity contribution in [2.75, 3.05) is 0 Å². The van der Waals surface area contributed by atoms with E-state index in [4.69, 9.17) is 4.42 Å². The van der Waals surface area contributed by atoms with E-state index in [1.165, 1.54) is 87.0 Å². The lowest BCUT2D eigenvalue weighted by atomic mass is 9.98. The van der Waals surface area contributed by atoms with Gasteiger partial charge in [0.25, 0.3) is 0 Å². The van der Waals surface area contributed by atoms with Crippen LogP contribution in [0.15, 0.2) is 180 Å². The summed E-state index contributed by atoms with van der Waals surface area (Å²) in [7, 11) is 0. The van der Waals surface area contributed by atoms with E-state index in [0.29, 0.717) is 0 Å². The summed E-state index contributed by atoms with van der Waals surface area (Å²) in [5.41, 5.74) is 12.6. The fraction of sp³-hybridized carbons (Fsp3) is 0. The number of nitrogens with zero attached hydrogens (tertiary/aromatic N) is 3. The zero-order valence-corrected chi connectivity index (χ0v) is 30.0. The fourth-order valence-corrected chi connectivity index (χ4v) is 10.3. The van der Waals surface area contributed by atoms with Crippen LogP contribution in [0, 0.1) is 0 Å². The average Bonchev–Trinajstić information content (AvgIpc) is 4.05. The lowest BCUT2D eigenvalue weighted by Gasteiger charge is -2.12. The van der Waals surface area contributed by atoms with Crippen molar-refractivity contribution in [1.82, 2.24) is 13.5 Å². The molecular formula is C52H29N3O. The normalized spacial score (nSPS) is 12.6. The third kappa shape index (κ3) is 3.46. The molecule has 0 amide bonds. The molecule has 4 nitrogen and oxygen atoms in total. The highest BCUT2D eigenvalue weighted by molar-refractivity contribution is 6.32. The Labute approximate surface area is 318 Å². The van der Waals surface area contributed by atoms with Crippen LogP contribution in [0.3, 0.4) is 0 Å². The molecule has 0 aliphatic heterocycles. The number of para-hydroxylation sites is 5. The molecule has 0 N–H and O–H groups in total. The molecule has 0 aliphatic carbocycles. The molecule has 0 bridgehead atoms. The molecule has 0 saturated carbocycles. The van der Waals surface area contributed by atoms with Crippen LogP contribution in [0.4, 0.5) is 0 Å². The van der Waals surface area contributed by atoms with Crippen molar-refractivity contribution < 1.29 is 4.42 Å². The van der Waals surface area contributed by atoms with Crippen molar-refractivity contribution >= 4 is 114 Å². The quantitative estimate of drug-likeness (QED) is 0.175. The largest absolute Gasteiger partial charge is 0.456 e. The molecule has 0 fully saturated rings. The maximum absolute atomic E-state index is 6.39. The number of rotatable bonds is 2. The Kier molecular flexibility index (Phi) is 5.23. The molecule has 5 aromatic heterocycles. The highest BCUT2D eigenvalue weighted by atomic mass is 16.3. The molecule has 5 heterocycles. The van der Waals surface area contributed by atoms with Gasteiger partial charge in [0.15, 0.2) is 0 Å². The summed E-state index contributed by atoms with van der Waals surface area (Å²) >= 11 is 0. The predicted molar refractivity (Wildman–Crippen MR) is 235 cm³/mol. The molecule has 14 aromatic rings. The third-order valence-electron chi connectivity index (χ3n) is 12.6. The van der Waals surface area contributed by atoms with Crippen LogP contribution in [0.2, 0.25) is 0 Å². The Morgan fingerprint density at radius 3 is 1.62 bits per heavy atom. The molecule has 0 unspecified atom stereocenters. The summed E-state index contributed by atoms with van der Waals surface area (Å²) in [6, 6.07) is 64.5. The minimum absolute atomic E-state index is 0.892. The average molecular weight is 712 g/mol. The van der Waals surface area contributed by atoms with Crippen molar-refractivity contribution in [3.8, 4) is 11.4 Å². The van der Waals surface area contributed by atoms with Gasteiger partial charge in [-0.3, -0.25) is 0 Å². The molecule has 258 valence electrons. The molecule has 14 rings (SSSR count). The van der Waals surface area contributed by atoms with Crippen LogP contribution in [0.1, 0.15) is 0 Å². The smallest absolute Gasteiger partial charge is 0.137 e. The third-order valence-corrected chi connectivity index (χ3v) is 12.6. The molecular weight excluding hydrogens is 683 g/mol. The first-order chi connectivity index (χ1) is 27.8. The van der Waals surface area contributed by atoms with Crippen molar-refractivity contribution in [3.63, 3.8) is 0 Å². The summed E-state index contributed by atoms with van der Waals surface area (Å²) in [4.78, 5) is 0. The Morgan fingerprint density at radius 1 is 0.286 bits per heavy atom. The summed E-state index contributed by atoms with van der Waals surface area (Å²) in [5, 5.41) is 15.1. The summed E-state index contributed by atoms with van der Waals surface area (Å²) in [6.45, 7) is 0. The van der Waals surface area contributed by atoms with E-state index in [-0.39, 0.29) is 0 Å². The van der Waals surface area contributed by atoms with E-state index < -0.39 is 0 Å². The fourth-order valence-electron chi connectivity index (χ4n) is 10.3. The summed E-state index contributed by atoms with van der Waals surface area (Å²) < 4.78 is 13.7. The van der Waals surface area contributed by atoms with Gasteiger partial charge in [0.2, 0.25) is 0 Å². The molecule has 0 radical (unpaired) electrons. The number of aromatic nitrogens is 3. The topological polar surface area (TPSA) is 27.4 Å². The molecule has 9 aromatic carbocycles. The number of hydrogen-bond donors (Lipinski definition) is 0. The number of hydrogen-bond acceptors (Lipinski definition) is 1. The standard InChI is InChI=1S/C52H29N3O/c1-5-16-42-32(10-1)34-22-20-30(28-47(34)54(42)31-21-23-36-35-12-4-8-19-48(35)56-49(36)29-31)53-44-18-7-3-13-40(44)50-37-25-27-46-51(38(37)24-26-45(50)53)41-15-9-14-39-33-11-2-6-17-43(33)55(46)52(39)41/h1-29H. The van der Waals surface area contributed by atoms with Crippen LogP contribution >= 0.6 is 0 Å². The first-order valence-electron chi connectivity index (χ1n) is 19.3. The van der Waals surface area contributed by atoms with E-state index in [0.717, 1.165) is 38.8 Å². The van der Waals surface area contributed by atoms with Gasteiger partial charge in [0, 0.05) is 71.3 Å². The predicted octanol–water partition coefficient (Wildman–Crippen LogP) is 14.1. The highest BCUT2D eigenvalue weighted by Gasteiger charge is 2.22. The second-order valence-electron chi connectivity index (χ2n) is 15.3. The van der Waals surface area contributed by atoms with Gasteiger partial charge in [0.1, 0.15) is 11.2 Å². The van der Waals surface area contributed by atoms with Gasteiger partial charge >= 0.3 is 0 Å². The molecule has 0 saturated heterocycles. The summed E-state index contributed by atoms with van der Waals surface area (Å²) in [5.74, 6) is 0. The zero-order valence-electron chi connectivity index (χ0n) is 30.0. The molecule has 4 heteroatoms. The molecule has 56 heavy (non-hydrogen) atoms. The number of furan rings is 1. The van der Waals surface area contributed by atoms with Crippen LogP contribution in [-0.2, 0) is 0 Å². The minimum Gasteiger partial charge on any atom is -0.456 e. The van der Waals surface area contributed by atoms with Gasteiger partial charge in [-0.2, -0.15) is 0 Å². The van der Waals surface area contributed by atoms with Crippen LogP contribution in [0.5, 0.6) is 0 Å². The maximum Gasteiger partial charge on any atom is 0.137 e. The van der Waals surface area contributed by atoms with E-state index in [9.17, 15) is 0 Å². The SMILES string of the molecule is c1ccc2c(c1)oc1cc(-n3c4ccccc4c4ccc(-n5c6ccccc6c6c7ccc8c(c7ccc65)c5cccc6c7ccccc7n8c65)cc43)ccc12. The Morgan fingerprint density at radius 2 is 0.804 bits per heavy atom. The van der Waals surface area contributed by atoms with Crippen LogP contribution in [-0.4, -0.2) is 13.5 Å². The summed E-state index contributed by atoms with van der Waals surface area (Å²) in [6.07, 6.45) is 0.